The van der Waals surface area contributed by atoms with Gasteiger partial charge in [-0.2, -0.15) is 0 Å². The summed E-state index contributed by atoms with van der Waals surface area (Å²) in [4.78, 5) is 13.9. The Bertz CT molecular complexity index is 688. The van der Waals surface area contributed by atoms with E-state index in [1.54, 1.807) is 6.07 Å². The highest BCUT2D eigenvalue weighted by molar-refractivity contribution is 14.1. The minimum absolute atomic E-state index is 0.0889. The maximum atomic E-state index is 14.1. The Kier molecular flexibility index (Phi) is 4.61. The Morgan fingerprint density at radius 1 is 1.23 bits per heavy atom. The molecule has 114 valence electrons. The van der Waals surface area contributed by atoms with Crippen molar-refractivity contribution in [2.24, 2.45) is 0 Å². The van der Waals surface area contributed by atoms with Crippen LogP contribution in [0.3, 0.4) is 0 Å². The van der Waals surface area contributed by atoms with Crippen LogP contribution in [0.1, 0.15) is 12.0 Å². The lowest BCUT2D eigenvalue weighted by atomic mass is 10.0. The van der Waals surface area contributed by atoms with Crippen molar-refractivity contribution in [3.8, 4) is 5.75 Å². The molecule has 1 aliphatic heterocycles. The molecule has 0 saturated carbocycles. The molecular formula is C17H15FINO2. The van der Waals surface area contributed by atoms with Crippen LogP contribution in [0.15, 0.2) is 42.5 Å². The van der Waals surface area contributed by atoms with Crippen LogP contribution in [0.5, 0.6) is 5.75 Å². The summed E-state index contributed by atoms with van der Waals surface area (Å²) in [6, 6.07) is 12.4. The summed E-state index contributed by atoms with van der Waals surface area (Å²) in [5.74, 6) is 0.0731. The predicted octanol–water partition coefficient (Wildman–Crippen LogP) is 3.79. The topological polar surface area (TPSA) is 29.5 Å². The Labute approximate surface area is 142 Å². The smallest absolute Gasteiger partial charge is 0.265 e. The molecule has 3 nitrogen and oxygen atoms in total. The molecule has 1 heterocycles. The predicted molar refractivity (Wildman–Crippen MR) is 91.7 cm³/mol. The van der Waals surface area contributed by atoms with E-state index in [-0.39, 0.29) is 18.3 Å². The minimum Gasteiger partial charge on any atom is -0.484 e. The monoisotopic (exact) mass is 411 g/mol. The molecule has 3 rings (SSSR count). The van der Waals surface area contributed by atoms with Gasteiger partial charge in [-0.15, -0.1) is 0 Å². The first-order chi connectivity index (χ1) is 10.6. The number of aryl methyl sites for hydroxylation is 1. The van der Waals surface area contributed by atoms with Crippen molar-refractivity contribution in [1.82, 2.24) is 0 Å². The third-order valence-corrected chi connectivity index (χ3v) is 4.36. The molecule has 1 amide bonds. The zero-order chi connectivity index (χ0) is 15.5. The van der Waals surface area contributed by atoms with E-state index in [4.69, 9.17) is 4.74 Å². The van der Waals surface area contributed by atoms with Crippen LogP contribution in [0, 0.1) is 9.39 Å². The Morgan fingerprint density at radius 3 is 2.77 bits per heavy atom. The average molecular weight is 411 g/mol. The zero-order valence-electron chi connectivity index (χ0n) is 11.9. The van der Waals surface area contributed by atoms with Gasteiger partial charge in [-0.3, -0.25) is 4.79 Å². The lowest BCUT2D eigenvalue weighted by Gasteiger charge is -2.29. The second-order valence-electron chi connectivity index (χ2n) is 5.14. The van der Waals surface area contributed by atoms with E-state index in [0.29, 0.717) is 18.0 Å². The molecule has 0 unspecified atom stereocenters. The van der Waals surface area contributed by atoms with Gasteiger partial charge in [0.05, 0.1) is 5.69 Å². The van der Waals surface area contributed by atoms with Crippen LogP contribution in [0.2, 0.25) is 0 Å². The Hall–Kier alpha value is -1.63. The second kappa shape index (κ2) is 6.64. The quantitative estimate of drug-likeness (QED) is 0.720. The number of para-hydroxylation sites is 1. The number of amides is 1. The third kappa shape index (κ3) is 3.24. The van der Waals surface area contributed by atoms with Crippen molar-refractivity contribution >= 4 is 34.2 Å². The van der Waals surface area contributed by atoms with Crippen LogP contribution in [-0.4, -0.2) is 19.1 Å². The molecule has 0 aliphatic carbocycles. The maximum Gasteiger partial charge on any atom is 0.265 e. The van der Waals surface area contributed by atoms with Crippen molar-refractivity contribution < 1.29 is 13.9 Å². The van der Waals surface area contributed by atoms with Crippen LogP contribution < -0.4 is 9.64 Å². The summed E-state index contributed by atoms with van der Waals surface area (Å²) >= 11 is 2.20. The number of hydrogen-bond donors (Lipinski definition) is 0. The molecule has 0 radical (unpaired) electrons. The lowest BCUT2D eigenvalue weighted by molar-refractivity contribution is -0.120. The molecule has 0 spiro atoms. The van der Waals surface area contributed by atoms with Gasteiger partial charge >= 0.3 is 0 Å². The summed E-state index contributed by atoms with van der Waals surface area (Å²) in [5, 5.41) is 0. The first-order valence-electron chi connectivity index (χ1n) is 7.11. The van der Waals surface area contributed by atoms with Crippen LogP contribution in [-0.2, 0) is 11.2 Å². The first-order valence-corrected chi connectivity index (χ1v) is 8.19. The number of carbonyl (C=O) groups is 1. The Morgan fingerprint density at radius 2 is 2.00 bits per heavy atom. The summed E-state index contributed by atoms with van der Waals surface area (Å²) in [6.07, 6.45) is 1.64. The lowest BCUT2D eigenvalue weighted by Crippen LogP contribution is -2.39. The van der Waals surface area contributed by atoms with E-state index < -0.39 is 0 Å². The van der Waals surface area contributed by atoms with Crippen molar-refractivity contribution in [2.75, 3.05) is 18.1 Å². The normalized spacial score (nSPS) is 13.6. The molecule has 0 saturated heterocycles. The molecular weight excluding hydrogens is 396 g/mol. The largest absolute Gasteiger partial charge is 0.484 e. The highest BCUT2D eigenvalue weighted by atomic mass is 127. The van der Waals surface area contributed by atoms with E-state index in [1.165, 1.54) is 11.0 Å². The van der Waals surface area contributed by atoms with E-state index in [0.717, 1.165) is 22.0 Å². The number of benzene rings is 2. The molecule has 2 aromatic carbocycles. The number of carbonyl (C=O) groups excluding carboxylic acids is 1. The molecule has 0 N–H and O–H groups in total. The minimum atomic E-state index is -0.347. The SMILES string of the molecule is O=C(COc1ccc(I)cc1)N1CCCc2cccc(F)c21. The fourth-order valence-corrected chi connectivity index (χ4v) is 2.97. The van der Waals surface area contributed by atoms with Gasteiger partial charge < -0.3 is 9.64 Å². The van der Waals surface area contributed by atoms with Crippen molar-refractivity contribution in [3.63, 3.8) is 0 Å². The molecule has 2 aromatic rings. The summed E-state index contributed by atoms with van der Waals surface area (Å²) < 4.78 is 20.7. The maximum absolute atomic E-state index is 14.1. The van der Waals surface area contributed by atoms with Gasteiger partial charge in [0.15, 0.2) is 6.61 Å². The third-order valence-electron chi connectivity index (χ3n) is 3.65. The molecule has 0 aromatic heterocycles. The zero-order valence-corrected chi connectivity index (χ0v) is 14.0. The van der Waals surface area contributed by atoms with Crippen LogP contribution in [0.4, 0.5) is 10.1 Å². The average Bonchev–Trinajstić information content (AvgIpc) is 2.54. The number of rotatable bonds is 3. The van der Waals surface area contributed by atoms with Gasteiger partial charge in [-0.25, -0.2) is 4.39 Å². The highest BCUT2D eigenvalue weighted by Crippen LogP contribution is 2.30. The summed E-state index contributed by atoms with van der Waals surface area (Å²) in [5.41, 5.74) is 1.29. The fourth-order valence-electron chi connectivity index (χ4n) is 2.61. The summed E-state index contributed by atoms with van der Waals surface area (Å²) in [7, 11) is 0. The molecule has 0 atom stereocenters. The molecule has 1 aliphatic rings. The molecule has 0 fully saturated rings. The first kappa shape index (κ1) is 15.3. The number of hydrogen-bond acceptors (Lipinski definition) is 2. The van der Waals surface area contributed by atoms with Gasteiger partial charge in [-0.1, -0.05) is 12.1 Å². The van der Waals surface area contributed by atoms with E-state index in [1.807, 2.05) is 30.3 Å². The van der Waals surface area contributed by atoms with Crippen molar-refractivity contribution in [2.45, 2.75) is 12.8 Å². The molecule has 0 bridgehead atoms. The molecule has 5 heteroatoms. The van der Waals surface area contributed by atoms with E-state index in [2.05, 4.69) is 22.6 Å². The van der Waals surface area contributed by atoms with Gasteiger partial charge in [0.2, 0.25) is 0 Å². The highest BCUT2D eigenvalue weighted by Gasteiger charge is 2.25. The van der Waals surface area contributed by atoms with Crippen molar-refractivity contribution in [3.05, 3.63) is 57.4 Å². The second-order valence-corrected chi connectivity index (χ2v) is 6.38. The fraction of sp³-hybridized carbons (Fsp3) is 0.235. The van der Waals surface area contributed by atoms with Crippen LogP contribution >= 0.6 is 22.6 Å². The van der Waals surface area contributed by atoms with Crippen molar-refractivity contribution in [1.29, 1.82) is 0 Å². The van der Waals surface area contributed by atoms with E-state index in [9.17, 15) is 9.18 Å². The van der Waals surface area contributed by atoms with Crippen LogP contribution in [0.25, 0.3) is 0 Å². The van der Waals surface area contributed by atoms with Gasteiger partial charge in [-0.05, 0) is 71.3 Å². The van der Waals surface area contributed by atoms with E-state index >= 15 is 0 Å². The van der Waals surface area contributed by atoms with Gasteiger partial charge in [0.1, 0.15) is 11.6 Å². The van der Waals surface area contributed by atoms with Gasteiger partial charge in [0.25, 0.3) is 5.91 Å². The molecule has 22 heavy (non-hydrogen) atoms. The van der Waals surface area contributed by atoms with Gasteiger partial charge in [0, 0.05) is 10.1 Å². The number of halogens is 2. The number of fused-ring (bicyclic) bond motifs is 1. The number of anilines is 1. The number of ether oxygens (including phenoxy) is 1. The Balaban J connectivity index is 1.72. The standard InChI is InChI=1S/C17H15FINO2/c18-15-5-1-3-12-4-2-10-20(17(12)15)16(21)11-22-14-8-6-13(19)7-9-14/h1,3,5-9H,2,4,10-11H2. The number of nitrogens with zero attached hydrogens (tertiary/aromatic N) is 1. The summed E-state index contributed by atoms with van der Waals surface area (Å²) in [6.45, 7) is 0.442.